The lowest BCUT2D eigenvalue weighted by Crippen LogP contribution is -2.39. The molecule has 0 heterocycles. The van der Waals surface area contributed by atoms with Gasteiger partial charge in [-0.05, 0) is 18.8 Å². The average molecular weight is 197 g/mol. The van der Waals surface area contributed by atoms with Crippen LogP contribution in [0.2, 0.25) is 0 Å². The summed E-state index contributed by atoms with van der Waals surface area (Å²) in [5.41, 5.74) is 0. The largest absolute Gasteiger partial charge is 0.453 e. The van der Waals surface area contributed by atoms with Crippen LogP contribution in [0.3, 0.4) is 0 Å². The first-order valence-electron chi connectivity index (χ1n) is 5.25. The summed E-state index contributed by atoms with van der Waals surface area (Å²) < 4.78 is 4.58. The van der Waals surface area contributed by atoms with E-state index in [1.807, 2.05) is 6.08 Å². The summed E-state index contributed by atoms with van der Waals surface area (Å²) in [6, 6.07) is 0.0720. The third kappa shape index (κ3) is 3.05. The number of nitrogens with one attached hydrogen (secondary N) is 1. The zero-order chi connectivity index (χ0) is 10.4. The molecule has 0 spiro atoms. The van der Waals surface area contributed by atoms with Crippen molar-refractivity contribution in [3.63, 3.8) is 0 Å². The van der Waals surface area contributed by atoms with Gasteiger partial charge in [0.2, 0.25) is 0 Å². The van der Waals surface area contributed by atoms with Gasteiger partial charge in [-0.3, -0.25) is 0 Å². The molecule has 0 aromatic rings. The fraction of sp³-hybridized carbons (Fsp3) is 0.727. The second-order valence-corrected chi connectivity index (χ2v) is 3.80. The minimum absolute atomic E-state index is 0.0720. The Morgan fingerprint density at radius 1 is 1.50 bits per heavy atom. The first-order valence-corrected chi connectivity index (χ1v) is 5.25. The van der Waals surface area contributed by atoms with Crippen LogP contribution in [0.15, 0.2) is 12.7 Å². The smallest absolute Gasteiger partial charge is 0.407 e. The Morgan fingerprint density at radius 2 is 2.14 bits per heavy atom. The van der Waals surface area contributed by atoms with Crippen molar-refractivity contribution < 1.29 is 9.53 Å². The highest BCUT2D eigenvalue weighted by Gasteiger charge is 2.22. The van der Waals surface area contributed by atoms with Crippen molar-refractivity contribution in [3.8, 4) is 0 Å². The molecule has 1 N–H and O–H groups in total. The standard InChI is InChI=1S/C11H19NO2/c1-3-10(12-11(13)14-2)9-7-5-4-6-8-9/h3,9-10H,1,4-8H2,2H3,(H,12,13). The Hall–Kier alpha value is -0.990. The highest BCUT2D eigenvalue weighted by molar-refractivity contribution is 5.67. The van der Waals surface area contributed by atoms with Crippen molar-refractivity contribution in [3.05, 3.63) is 12.7 Å². The van der Waals surface area contributed by atoms with Crippen LogP contribution in [0.1, 0.15) is 32.1 Å². The van der Waals surface area contributed by atoms with Gasteiger partial charge in [-0.25, -0.2) is 4.79 Å². The molecule has 0 saturated heterocycles. The van der Waals surface area contributed by atoms with Crippen molar-refractivity contribution in [2.75, 3.05) is 7.11 Å². The molecule has 0 aliphatic heterocycles. The lowest BCUT2D eigenvalue weighted by molar-refractivity contribution is 0.162. The maximum Gasteiger partial charge on any atom is 0.407 e. The number of amides is 1. The molecule has 1 fully saturated rings. The molecule has 0 aromatic carbocycles. The van der Waals surface area contributed by atoms with Crippen LogP contribution >= 0.6 is 0 Å². The number of rotatable bonds is 3. The number of methoxy groups -OCH3 is 1. The molecule has 1 amide bonds. The van der Waals surface area contributed by atoms with Gasteiger partial charge in [-0.15, -0.1) is 6.58 Å². The number of alkyl carbamates (subject to hydrolysis) is 1. The summed E-state index contributed by atoms with van der Waals surface area (Å²) in [4.78, 5) is 11.0. The molecule has 3 heteroatoms. The Balaban J connectivity index is 2.43. The molecule has 1 rings (SSSR count). The van der Waals surface area contributed by atoms with Gasteiger partial charge < -0.3 is 10.1 Å². The van der Waals surface area contributed by atoms with E-state index in [1.165, 1.54) is 39.2 Å². The SMILES string of the molecule is C=CC(NC(=O)OC)C1CCCCC1. The van der Waals surface area contributed by atoms with E-state index in [0.29, 0.717) is 5.92 Å². The maximum absolute atomic E-state index is 11.0. The fourth-order valence-electron chi connectivity index (χ4n) is 2.06. The van der Waals surface area contributed by atoms with E-state index < -0.39 is 0 Å². The van der Waals surface area contributed by atoms with E-state index in [2.05, 4.69) is 16.6 Å². The minimum atomic E-state index is -0.361. The van der Waals surface area contributed by atoms with E-state index in [4.69, 9.17) is 0 Å². The Bertz CT molecular complexity index is 197. The second kappa shape index (κ2) is 5.68. The van der Waals surface area contributed by atoms with Gasteiger partial charge in [-0.1, -0.05) is 25.3 Å². The summed E-state index contributed by atoms with van der Waals surface area (Å²) in [6.07, 6.45) is 7.66. The number of carbonyl (C=O) groups is 1. The molecule has 0 aromatic heterocycles. The number of hydrogen-bond acceptors (Lipinski definition) is 2. The van der Waals surface area contributed by atoms with Crippen molar-refractivity contribution in [1.82, 2.24) is 5.32 Å². The summed E-state index contributed by atoms with van der Waals surface area (Å²) >= 11 is 0. The average Bonchev–Trinajstić information content (AvgIpc) is 2.26. The van der Waals surface area contributed by atoms with Crippen LogP contribution in [0.4, 0.5) is 4.79 Å². The van der Waals surface area contributed by atoms with Crippen LogP contribution in [-0.2, 0) is 4.74 Å². The monoisotopic (exact) mass is 197 g/mol. The van der Waals surface area contributed by atoms with E-state index >= 15 is 0 Å². The van der Waals surface area contributed by atoms with Crippen LogP contribution in [0, 0.1) is 5.92 Å². The topological polar surface area (TPSA) is 38.3 Å². The molecule has 0 radical (unpaired) electrons. The number of carbonyl (C=O) groups excluding carboxylic acids is 1. The molecule has 0 bridgehead atoms. The highest BCUT2D eigenvalue weighted by atomic mass is 16.5. The molecular weight excluding hydrogens is 178 g/mol. The zero-order valence-electron chi connectivity index (χ0n) is 8.79. The zero-order valence-corrected chi connectivity index (χ0v) is 8.79. The van der Waals surface area contributed by atoms with E-state index in [9.17, 15) is 4.79 Å². The van der Waals surface area contributed by atoms with E-state index in [-0.39, 0.29) is 12.1 Å². The van der Waals surface area contributed by atoms with Crippen LogP contribution in [-0.4, -0.2) is 19.2 Å². The summed E-state index contributed by atoms with van der Waals surface area (Å²) in [6.45, 7) is 3.75. The molecule has 1 aliphatic carbocycles. The molecule has 1 saturated carbocycles. The first-order chi connectivity index (χ1) is 6.77. The lowest BCUT2D eigenvalue weighted by atomic mass is 9.84. The molecule has 3 nitrogen and oxygen atoms in total. The molecule has 80 valence electrons. The van der Waals surface area contributed by atoms with Crippen LogP contribution in [0.5, 0.6) is 0 Å². The van der Waals surface area contributed by atoms with Crippen LogP contribution in [0.25, 0.3) is 0 Å². The van der Waals surface area contributed by atoms with Gasteiger partial charge in [0.25, 0.3) is 0 Å². The Morgan fingerprint density at radius 3 is 2.64 bits per heavy atom. The maximum atomic E-state index is 11.0. The third-order valence-electron chi connectivity index (χ3n) is 2.88. The summed E-state index contributed by atoms with van der Waals surface area (Å²) in [5.74, 6) is 0.542. The quantitative estimate of drug-likeness (QED) is 0.706. The molecule has 1 atom stereocenters. The predicted molar refractivity (Wildman–Crippen MR) is 56.1 cm³/mol. The van der Waals surface area contributed by atoms with Gasteiger partial charge in [0.15, 0.2) is 0 Å². The molecular formula is C11H19NO2. The minimum Gasteiger partial charge on any atom is -0.453 e. The second-order valence-electron chi connectivity index (χ2n) is 3.80. The van der Waals surface area contributed by atoms with Gasteiger partial charge in [0, 0.05) is 0 Å². The van der Waals surface area contributed by atoms with Crippen molar-refractivity contribution in [1.29, 1.82) is 0 Å². The third-order valence-corrected chi connectivity index (χ3v) is 2.88. The summed E-state index contributed by atoms with van der Waals surface area (Å²) in [5, 5.41) is 2.81. The van der Waals surface area contributed by atoms with Crippen LogP contribution < -0.4 is 5.32 Å². The number of ether oxygens (including phenoxy) is 1. The van der Waals surface area contributed by atoms with Crippen molar-refractivity contribution in [2.24, 2.45) is 5.92 Å². The van der Waals surface area contributed by atoms with Crippen molar-refractivity contribution >= 4 is 6.09 Å². The highest BCUT2D eigenvalue weighted by Crippen LogP contribution is 2.26. The first kappa shape index (κ1) is 11.1. The number of hydrogen-bond donors (Lipinski definition) is 1. The predicted octanol–water partition coefficient (Wildman–Crippen LogP) is 2.48. The van der Waals surface area contributed by atoms with Gasteiger partial charge in [0.1, 0.15) is 0 Å². The van der Waals surface area contributed by atoms with Gasteiger partial charge in [0.05, 0.1) is 13.2 Å². The normalized spacial score (nSPS) is 19.8. The lowest BCUT2D eigenvalue weighted by Gasteiger charge is -2.28. The Kier molecular flexibility index (Phi) is 4.50. The fourth-order valence-corrected chi connectivity index (χ4v) is 2.06. The summed E-state index contributed by atoms with van der Waals surface area (Å²) in [7, 11) is 1.39. The van der Waals surface area contributed by atoms with Gasteiger partial charge in [-0.2, -0.15) is 0 Å². The van der Waals surface area contributed by atoms with E-state index in [0.717, 1.165) is 0 Å². The van der Waals surface area contributed by atoms with E-state index in [1.54, 1.807) is 0 Å². The molecule has 14 heavy (non-hydrogen) atoms. The Labute approximate surface area is 85.5 Å². The van der Waals surface area contributed by atoms with Gasteiger partial charge >= 0.3 is 6.09 Å². The molecule has 1 unspecified atom stereocenters. The molecule has 1 aliphatic rings. The van der Waals surface area contributed by atoms with Crippen molar-refractivity contribution in [2.45, 2.75) is 38.1 Å².